The molecule has 13 nitrogen and oxygen atoms in total. The molecule has 4 heterocycles. The highest BCUT2D eigenvalue weighted by Gasteiger charge is 2.36. The van der Waals surface area contributed by atoms with E-state index in [1.54, 1.807) is 9.80 Å². The molecule has 0 aliphatic carbocycles. The van der Waals surface area contributed by atoms with Crippen LogP contribution in [0.15, 0.2) is 45.3 Å². The van der Waals surface area contributed by atoms with Gasteiger partial charge in [0.25, 0.3) is 0 Å². The zero-order valence-corrected chi connectivity index (χ0v) is 30.3. The first kappa shape index (κ1) is 34.3. The number of benzene rings is 2. The van der Waals surface area contributed by atoms with Crippen LogP contribution in [0, 0.1) is 0 Å². The van der Waals surface area contributed by atoms with Gasteiger partial charge in [0.2, 0.25) is 5.91 Å². The quantitative estimate of drug-likeness (QED) is 0.398. The van der Waals surface area contributed by atoms with E-state index in [1.807, 2.05) is 51.1 Å². The van der Waals surface area contributed by atoms with Crippen molar-refractivity contribution in [1.82, 2.24) is 34.7 Å². The van der Waals surface area contributed by atoms with Gasteiger partial charge in [0.1, 0.15) is 6.04 Å². The molecule has 0 bridgehead atoms. The summed E-state index contributed by atoms with van der Waals surface area (Å²) in [6.45, 7) is 6.25. The first-order valence-corrected chi connectivity index (χ1v) is 18.1. The summed E-state index contributed by atoms with van der Waals surface area (Å²) in [4.78, 5) is 65.0. The van der Waals surface area contributed by atoms with Gasteiger partial charge in [-0.3, -0.25) is 4.79 Å². The number of piperazine rings is 2. The molecule has 0 saturated carbocycles. The molecule has 15 heteroatoms. The highest BCUT2D eigenvalue weighted by Crippen LogP contribution is 2.31. The standard InChI is InChI=1S/C33H43Br2N9O4/c1-39-10-12-42(13-11-39)33(48)43-16-14-40(15-17-43)30(45)28(20-22-18-25(34)29(36)26(35)19-22)38-31(46)41-8-6-24(7-9-41)44-21-23-4-2-3-5-27(23)37-32(44)47/h2-5,18-19,24,28H,6-17,20-21,36H2,1H3,(H,37,47)(H,38,46)/t28-/m1/s1. The molecule has 0 aromatic heterocycles. The van der Waals surface area contributed by atoms with Gasteiger partial charge < -0.3 is 45.8 Å². The average molecular weight is 790 g/mol. The van der Waals surface area contributed by atoms with Crippen LogP contribution in [0.2, 0.25) is 0 Å². The molecule has 2 aromatic carbocycles. The Morgan fingerprint density at radius 3 is 2.10 bits per heavy atom. The monoisotopic (exact) mass is 787 g/mol. The van der Waals surface area contributed by atoms with E-state index in [9.17, 15) is 19.2 Å². The maximum Gasteiger partial charge on any atom is 0.322 e. The number of rotatable bonds is 5. The van der Waals surface area contributed by atoms with Gasteiger partial charge in [0, 0.05) is 99.1 Å². The van der Waals surface area contributed by atoms with Crippen molar-refractivity contribution in [2.75, 3.05) is 83.5 Å². The molecule has 0 spiro atoms. The van der Waals surface area contributed by atoms with Crippen LogP contribution in [0.4, 0.5) is 25.8 Å². The number of nitrogens with two attached hydrogens (primary N) is 1. The molecule has 6 rings (SSSR count). The van der Waals surface area contributed by atoms with Crippen LogP contribution in [-0.2, 0) is 17.8 Å². The summed E-state index contributed by atoms with van der Waals surface area (Å²) in [5.74, 6) is -0.183. The summed E-state index contributed by atoms with van der Waals surface area (Å²) < 4.78 is 1.40. The maximum atomic E-state index is 14.0. The lowest BCUT2D eigenvalue weighted by Gasteiger charge is -2.41. The van der Waals surface area contributed by atoms with E-state index in [1.165, 1.54) is 0 Å². The lowest BCUT2D eigenvalue weighted by molar-refractivity contribution is -0.134. The van der Waals surface area contributed by atoms with E-state index >= 15 is 0 Å². The van der Waals surface area contributed by atoms with Crippen LogP contribution in [0.1, 0.15) is 24.0 Å². The van der Waals surface area contributed by atoms with E-state index in [2.05, 4.69) is 54.4 Å². The number of amides is 7. The Morgan fingerprint density at radius 1 is 0.875 bits per heavy atom. The number of piperidine rings is 1. The Bertz CT molecular complexity index is 1510. The molecule has 3 fully saturated rings. The van der Waals surface area contributed by atoms with Crippen LogP contribution in [0.25, 0.3) is 0 Å². The molecule has 258 valence electrons. The molecule has 4 aliphatic rings. The number of nitrogens with zero attached hydrogens (tertiary/aromatic N) is 6. The van der Waals surface area contributed by atoms with Crippen LogP contribution in [0.3, 0.4) is 0 Å². The molecule has 4 N–H and O–H groups in total. The van der Waals surface area contributed by atoms with Gasteiger partial charge in [-0.05, 0) is 81.1 Å². The second-order valence-corrected chi connectivity index (χ2v) is 14.7. The number of urea groups is 3. The Hall–Kier alpha value is -3.56. The van der Waals surface area contributed by atoms with Crippen molar-refractivity contribution in [2.45, 2.75) is 37.9 Å². The third kappa shape index (κ3) is 7.68. The van der Waals surface area contributed by atoms with Crippen molar-refractivity contribution in [3.8, 4) is 0 Å². The topological polar surface area (TPSA) is 138 Å². The smallest absolute Gasteiger partial charge is 0.322 e. The number of carbonyl (C=O) groups excluding carboxylic acids is 4. The highest BCUT2D eigenvalue weighted by molar-refractivity contribution is 9.11. The number of likely N-dealkylation sites (tertiary alicyclic amines) is 1. The third-order valence-electron chi connectivity index (χ3n) is 9.86. The number of nitrogen functional groups attached to an aromatic ring is 1. The minimum atomic E-state index is -0.818. The Balaban J connectivity index is 1.08. The fourth-order valence-electron chi connectivity index (χ4n) is 6.87. The molecule has 3 saturated heterocycles. The summed E-state index contributed by atoms with van der Waals surface area (Å²) in [5.41, 5.74) is 9.43. The maximum absolute atomic E-state index is 14.0. The van der Waals surface area contributed by atoms with Crippen molar-refractivity contribution in [3.63, 3.8) is 0 Å². The molecular formula is C33H43Br2N9O4. The molecule has 0 radical (unpaired) electrons. The van der Waals surface area contributed by atoms with Gasteiger partial charge in [-0.1, -0.05) is 18.2 Å². The Labute approximate surface area is 298 Å². The van der Waals surface area contributed by atoms with Gasteiger partial charge in [-0.25, -0.2) is 14.4 Å². The minimum absolute atomic E-state index is 0.00849. The minimum Gasteiger partial charge on any atom is -0.397 e. The summed E-state index contributed by atoms with van der Waals surface area (Å²) >= 11 is 7.00. The van der Waals surface area contributed by atoms with Crippen molar-refractivity contribution >= 4 is 67.2 Å². The number of hydrogen-bond acceptors (Lipinski definition) is 6. The summed E-state index contributed by atoms with van der Waals surface area (Å²) in [6, 6.07) is 10.3. The normalized spacial score (nSPS) is 19.9. The SMILES string of the molecule is CN1CCN(C(=O)N2CCN(C(=O)[C@@H](Cc3cc(Br)c(N)c(Br)c3)NC(=O)N3CCC(N4Cc5ccccc5NC4=O)CC3)CC2)CC1. The molecule has 48 heavy (non-hydrogen) atoms. The predicted molar refractivity (Wildman–Crippen MR) is 190 cm³/mol. The summed E-state index contributed by atoms with van der Waals surface area (Å²) in [7, 11) is 2.06. The largest absolute Gasteiger partial charge is 0.397 e. The highest BCUT2D eigenvalue weighted by atomic mass is 79.9. The second-order valence-electron chi connectivity index (χ2n) is 13.0. The van der Waals surface area contributed by atoms with Gasteiger partial charge in [-0.15, -0.1) is 0 Å². The zero-order valence-electron chi connectivity index (χ0n) is 27.2. The van der Waals surface area contributed by atoms with Crippen LogP contribution >= 0.6 is 31.9 Å². The number of halogens is 2. The number of hydrogen-bond donors (Lipinski definition) is 3. The van der Waals surface area contributed by atoms with E-state index < -0.39 is 6.04 Å². The van der Waals surface area contributed by atoms with Gasteiger partial charge >= 0.3 is 18.1 Å². The van der Waals surface area contributed by atoms with Crippen molar-refractivity contribution in [1.29, 1.82) is 0 Å². The lowest BCUT2D eigenvalue weighted by atomic mass is 10.0. The summed E-state index contributed by atoms with van der Waals surface area (Å²) in [6.07, 6.45) is 1.55. The van der Waals surface area contributed by atoms with Gasteiger partial charge in [0.15, 0.2) is 0 Å². The predicted octanol–water partition coefficient (Wildman–Crippen LogP) is 3.44. The van der Waals surface area contributed by atoms with Crippen LogP contribution in [-0.4, -0.2) is 138 Å². The molecule has 1 atom stereocenters. The molecule has 4 aliphatic heterocycles. The molecule has 7 amide bonds. The Kier molecular flexibility index (Phi) is 10.7. The third-order valence-corrected chi connectivity index (χ3v) is 11.2. The molecule has 2 aromatic rings. The molecule has 0 unspecified atom stereocenters. The fourth-order valence-corrected chi connectivity index (χ4v) is 8.15. The fraction of sp³-hybridized carbons (Fsp3) is 0.515. The van der Waals surface area contributed by atoms with Crippen LogP contribution in [0.5, 0.6) is 0 Å². The van der Waals surface area contributed by atoms with E-state index in [0.29, 0.717) is 86.4 Å². The number of carbonyl (C=O) groups is 4. The number of anilines is 2. The Morgan fingerprint density at radius 2 is 1.46 bits per heavy atom. The number of fused-ring (bicyclic) bond motifs is 1. The second kappa shape index (κ2) is 14.9. The van der Waals surface area contributed by atoms with Crippen molar-refractivity contribution in [2.24, 2.45) is 0 Å². The lowest BCUT2D eigenvalue weighted by Crippen LogP contribution is -2.60. The van der Waals surface area contributed by atoms with Crippen molar-refractivity contribution < 1.29 is 19.2 Å². The summed E-state index contributed by atoms with van der Waals surface area (Å²) in [5, 5.41) is 6.02. The van der Waals surface area contributed by atoms with Crippen molar-refractivity contribution in [3.05, 3.63) is 56.5 Å². The number of nitrogens with one attached hydrogen (secondary N) is 2. The molecular weight excluding hydrogens is 746 g/mol. The van der Waals surface area contributed by atoms with Gasteiger partial charge in [0.05, 0.1) is 5.69 Å². The van der Waals surface area contributed by atoms with E-state index in [4.69, 9.17) is 5.73 Å². The van der Waals surface area contributed by atoms with Gasteiger partial charge in [-0.2, -0.15) is 0 Å². The zero-order chi connectivity index (χ0) is 33.9. The van der Waals surface area contributed by atoms with E-state index in [0.717, 1.165) is 29.9 Å². The number of para-hydroxylation sites is 1. The van der Waals surface area contributed by atoms with E-state index in [-0.39, 0.29) is 36.5 Å². The first-order chi connectivity index (χ1) is 23.1. The number of likely N-dealkylation sites (N-methyl/N-ethyl adjacent to an activating group) is 1. The average Bonchev–Trinajstić information content (AvgIpc) is 3.10. The first-order valence-electron chi connectivity index (χ1n) is 16.5. The van der Waals surface area contributed by atoms with Crippen LogP contribution < -0.4 is 16.4 Å².